The molecule has 0 spiro atoms. The second-order valence-electron chi connectivity index (χ2n) is 6.00. The smallest absolute Gasteiger partial charge is 0.326 e. The molecule has 138 valence electrons. The molecule has 4 N–H and O–H groups in total. The van der Waals surface area contributed by atoms with Crippen LogP contribution in [0.5, 0.6) is 11.5 Å². The van der Waals surface area contributed by atoms with Gasteiger partial charge in [-0.15, -0.1) is 0 Å². The van der Waals surface area contributed by atoms with Crippen LogP contribution in [0.1, 0.15) is 11.1 Å². The van der Waals surface area contributed by atoms with Gasteiger partial charge in [-0.2, -0.15) is 12.6 Å². The number of carbonyl (C=O) groups is 2. The van der Waals surface area contributed by atoms with Crippen molar-refractivity contribution in [1.82, 2.24) is 5.32 Å². The predicted octanol–water partition coefficient (Wildman–Crippen LogP) is 2.00. The third-order valence-corrected chi connectivity index (χ3v) is 4.45. The van der Waals surface area contributed by atoms with Gasteiger partial charge in [0.15, 0.2) is 11.5 Å². The highest BCUT2D eigenvalue weighted by Crippen LogP contribution is 2.25. The Morgan fingerprint density at radius 2 is 1.65 bits per heavy atom. The topological polar surface area (TPSA) is 107 Å². The first kappa shape index (κ1) is 19.7. The SMILES string of the molecule is O=C(NC(Cc1ccc(O)c(O)c1)C(=O)O)C(CS)Cc1ccccc1. The summed E-state index contributed by atoms with van der Waals surface area (Å²) in [7, 11) is 0. The monoisotopic (exact) mass is 375 g/mol. The van der Waals surface area contributed by atoms with Gasteiger partial charge in [0.2, 0.25) is 5.91 Å². The van der Waals surface area contributed by atoms with Crippen molar-refractivity contribution in [2.75, 3.05) is 5.75 Å². The highest BCUT2D eigenvalue weighted by molar-refractivity contribution is 7.80. The number of rotatable bonds is 8. The zero-order valence-corrected chi connectivity index (χ0v) is 14.9. The summed E-state index contributed by atoms with van der Waals surface area (Å²) in [4.78, 5) is 24.0. The van der Waals surface area contributed by atoms with Gasteiger partial charge in [-0.1, -0.05) is 36.4 Å². The number of phenols is 2. The van der Waals surface area contributed by atoms with Gasteiger partial charge in [-0.25, -0.2) is 4.79 Å². The van der Waals surface area contributed by atoms with Crippen LogP contribution in [-0.4, -0.2) is 39.0 Å². The standard InChI is InChI=1S/C19H21NO5S/c21-16-7-6-13(10-17(16)22)9-15(19(24)25)20-18(23)14(11-26)8-12-4-2-1-3-5-12/h1-7,10,14-15,21-22,26H,8-9,11H2,(H,20,23)(H,24,25). The Hall–Kier alpha value is -2.67. The van der Waals surface area contributed by atoms with E-state index in [1.165, 1.54) is 18.2 Å². The molecule has 0 aliphatic rings. The lowest BCUT2D eigenvalue weighted by Gasteiger charge is -2.19. The van der Waals surface area contributed by atoms with Gasteiger partial charge in [-0.05, 0) is 29.7 Å². The maximum atomic E-state index is 12.5. The maximum Gasteiger partial charge on any atom is 0.326 e. The van der Waals surface area contributed by atoms with Crippen LogP contribution in [0.2, 0.25) is 0 Å². The summed E-state index contributed by atoms with van der Waals surface area (Å²) < 4.78 is 0. The van der Waals surface area contributed by atoms with Crippen molar-refractivity contribution < 1.29 is 24.9 Å². The summed E-state index contributed by atoms with van der Waals surface area (Å²) in [6.45, 7) is 0. The average Bonchev–Trinajstić information content (AvgIpc) is 2.62. The molecule has 26 heavy (non-hydrogen) atoms. The van der Waals surface area contributed by atoms with Crippen molar-refractivity contribution in [1.29, 1.82) is 0 Å². The lowest BCUT2D eigenvalue weighted by atomic mass is 9.99. The molecule has 0 aromatic heterocycles. The van der Waals surface area contributed by atoms with Gasteiger partial charge in [0, 0.05) is 12.2 Å². The first-order chi connectivity index (χ1) is 12.4. The number of nitrogens with one attached hydrogen (secondary N) is 1. The lowest BCUT2D eigenvalue weighted by molar-refractivity contribution is -0.142. The summed E-state index contributed by atoms with van der Waals surface area (Å²) >= 11 is 4.21. The molecule has 0 saturated carbocycles. The van der Waals surface area contributed by atoms with Crippen molar-refractivity contribution in [3.8, 4) is 11.5 Å². The zero-order chi connectivity index (χ0) is 19.1. The molecule has 0 bridgehead atoms. The largest absolute Gasteiger partial charge is 0.504 e. The summed E-state index contributed by atoms with van der Waals surface area (Å²) in [6, 6.07) is 12.3. The molecule has 2 atom stereocenters. The fraction of sp³-hybridized carbons (Fsp3) is 0.263. The second kappa shape index (κ2) is 9.15. The van der Waals surface area contributed by atoms with E-state index in [4.69, 9.17) is 0 Å². The van der Waals surface area contributed by atoms with E-state index in [1.54, 1.807) is 0 Å². The highest BCUT2D eigenvalue weighted by atomic mass is 32.1. The van der Waals surface area contributed by atoms with Gasteiger partial charge in [0.25, 0.3) is 0 Å². The number of carboxylic acid groups (broad SMARTS) is 1. The van der Waals surface area contributed by atoms with Crippen molar-refractivity contribution in [3.05, 3.63) is 59.7 Å². The number of phenolic OH excluding ortho intramolecular Hbond substituents is 2. The van der Waals surface area contributed by atoms with E-state index in [1.807, 2.05) is 30.3 Å². The van der Waals surface area contributed by atoms with Crippen molar-refractivity contribution >= 4 is 24.5 Å². The Morgan fingerprint density at radius 1 is 0.962 bits per heavy atom. The Bertz CT molecular complexity index is 766. The van der Waals surface area contributed by atoms with Crippen LogP contribution in [-0.2, 0) is 22.4 Å². The summed E-state index contributed by atoms with van der Waals surface area (Å²) in [5, 5.41) is 30.8. The van der Waals surface area contributed by atoms with Crippen LogP contribution in [0, 0.1) is 5.92 Å². The van der Waals surface area contributed by atoms with E-state index in [0.717, 1.165) is 5.56 Å². The molecule has 0 aliphatic carbocycles. The summed E-state index contributed by atoms with van der Waals surface area (Å²) in [5.74, 6) is -2.37. The molecular formula is C19H21NO5S. The maximum absolute atomic E-state index is 12.5. The van der Waals surface area contributed by atoms with Crippen LogP contribution in [0.25, 0.3) is 0 Å². The number of aliphatic carboxylic acids is 1. The van der Waals surface area contributed by atoms with Crippen LogP contribution in [0.3, 0.4) is 0 Å². The molecule has 6 nitrogen and oxygen atoms in total. The van der Waals surface area contributed by atoms with E-state index in [9.17, 15) is 24.9 Å². The minimum atomic E-state index is -1.18. The van der Waals surface area contributed by atoms with Gasteiger partial charge in [0.05, 0.1) is 5.92 Å². The molecule has 0 saturated heterocycles. The zero-order valence-electron chi connectivity index (χ0n) is 14.0. The molecule has 0 heterocycles. The average molecular weight is 375 g/mol. The Kier molecular flexibility index (Phi) is 6.91. The van der Waals surface area contributed by atoms with Crippen molar-refractivity contribution in [3.63, 3.8) is 0 Å². The van der Waals surface area contributed by atoms with Gasteiger partial charge in [-0.3, -0.25) is 4.79 Å². The van der Waals surface area contributed by atoms with E-state index >= 15 is 0 Å². The number of aromatic hydroxyl groups is 2. The predicted molar refractivity (Wildman–Crippen MR) is 101 cm³/mol. The van der Waals surface area contributed by atoms with E-state index in [0.29, 0.717) is 12.0 Å². The number of benzene rings is 2. The molecule has 0 fully saturated rings. The van der Waals surface area contributed by atoms with Crippen LogP contribution in [0.4, 0.5) is 0 Å². The minimum absolute atomic E-state index is 0.0143. The molecule has 2 aromatic carbocycles. The normalized spacial score (nSPS) is 13.0. The number of thiol groups is 1. The first-order valence-corrected chi connectivity index (χ1v) is 8.72. The van der Waals surface area contributed by atoms with Crippen molar-refractivity contribution in [2.24, 2.45) is 5.92 Å². The number of hydrogen-bond acceptors (Lipinski definition) is 5. The fourth-order valence-electron chi connectivity index (χ4n) is 2.56. The van der Waals surface area contributed by atoms with E-state index in [2.05, 4.69) is 17.9 Å². The number of hydrogen-bond donors (Lipinski definition) is 5. The highest BCUT2D eigenvalue weighted by Gasteiger charge is 2.25. The van der Waals surface area contributed by atoms with E-state index < -0.39 is 17.9 Å². The Labute approximate surface area is 156 Å². The van der Waals surface area contributed by atoms with E-state index in [-0.39, 0.29) is 29.6 Å². The van der Waals surface area contributed by atoms with Crippen LogP contribution < -0.4 is 5.32 Å². The molecule has 2 unspecified atom stereocenters. The molecular weight excluding hydrogens is 354 g/mol. The lowest BCUT2D eigenvalue weighted by Crippen LogP contribution is -2.45. The molecule has 2 aromatic rings. The molecule has 2 rings (SSSR count). The molecule has 7 heteroatoms. The Balaban J connectivity index is 2.06. The molecule has 0 radical (unpaired) electrons. The quantitative estimate of drug-likeness (QED) is 0.358. The number of carbonyl (C=O) groups excluding carboxylic acids is 1. The van der Waals surface area contributed by atoms with Crippen LogP contribution >= 0.6 is 12.6 Å². The second-order valence-corrected chi connectivity index (χ2v) is 6.36. The third-order valence-electron chi connectivity index (χ3n) is 4.01. The number of amides is 1. The van der Waals surface area contributed by atoms with Gasteiger partial charge >= 0.3 is 5.97 Å². The van der Waals surface area contributed by atoms with Crippen LogP contribution in [0.15, 0.2) is 48.5 Å². The Morgan fingerprint density at radius 3 is 2.23 bits per heavy atom. The molecule has 0 aliphatic heterocycles. The summed E-state index contributed by atoms with van der Waals surface area (Å²) in [6.07, 6.45) is 0.446. The first-order valence-electron chi connectivity index (χ1n) is 8.09. The third kappa shape index (κ3) is 5.42. The number of carboxylic acids is 1. The minimum Gasteiger partial charge on any atom is -0.504 e. The van der Waals surface area contributed by atoms with Gasteiger partial charge < -0.3 is 20.6 Å². The molecule has 1 amide bonds. The summed E-state index contributed by atoms with van der Waals surface area (Å²) in [5.41, 5.74) is 1.45. The van der Waals surface area contributed by atoms with Crippen molar-refractivity contribution in [2.45, 2.75) is 18.9 Å². The van der Waals surface area contributed by atoms with Gasteiger partial charge in [0.1, 0.15) is 6.04 Å². The fourth-order valence-corrected chi connectivity index (χ4v) is 2.86.